The maximum Gasteiger partial charge on any atom is 0.293 e. The summed E-state index contributed by atoms with van der Waals surface area (Å²) < 4.78 is 0. The molecule has 32 heavy (non-hydrogen) atoms. The van der Waals surface area contributed by atoms with Crippen LogP contribution in [0.3, 0.4) is 0 Å². The summed E-state index contributed by atoms with van der Waals surface area (Å²) in [4.78, 5) is 38.9. The van der Waals surface area contributed by atoms with E-state index in [4.69, 9.17) is 23.2 Å². The van der Waals surface area contributed by atoms with Gasteiger partial charge in [0.2, 0.25) is 0 Å². The number of pyridine rings is 1. The van der Waals surface area contributed by atoms with Crippen LogP contribution in [-0.2, 0) is 0 Å². The number of aromatic nitrogens is 3. The zero-order valence-electron chi connectivity index (χ0n) is 16.8. The van der Waals surface area contributed by atoms with E-state index < -0.39 is 11.8 Å². The number of amides is 2. The van der Waals surface area contributed by atoms with E-state index in [1.807, 2.05) is 5.01 Å². The molecule has 2 aromatic heterocycles. The summed E-state index contributed by atoms with van der Waals surface area (Å²) in [5.74, 6) is -0.551. The largest absolute Gasteiger partial charge is 0.314 e. The van der Waals surface area contributed by atoms with Gasteiger partial charge in [0.1, 0.15) is 11.5 Å². The van der Waals surface area contributed by atoms with Crippen LogP contribution in [-0.4, -0.2) is 58.0 Å². The van der Waals surface area contributed by atoms with E-state index in [1.54, 1.807) is 24.3 Å². The molecule has 0 spiro atoms. The van der Waals surface area contributed by atoms with Gasteiger partial charge in [-0.15, -0.1) is 0 Å². The molecule has 0 aliphatic carbocycles. The van der Waals surface area contributed by atoms with Crippen molar-refractivity contribution in [2.75, 3.05) is 36.5 Å². The summed E-state index contributed by atoms with van der Waals surface area (Å²) in [7, 11) is 0. The van der Waals surface area contributed by atoms with Crippen molar-refractivity contribution in [3.8, 4) is 0 Å². The third kappa shape index (κ3) is 5.03. The van der Waals surface area contributed by atoms with Crippen molar-refractivity contribution in [1.29, 1.82) is 0 Å². The zero-order chi connectivity index (χ0) is 22.5. The molecule has 0 radical (unpaired) electrons. The topological polar surface area (TPSA) is 103 Å². The predicted molar refractivity (Wildman–Crippen MR) is 122 cm³/mol. The molecule has 1 fully saturated rings. The van der Waals surface area contributed by atoms with Crippen LogP contribution in [0.25, 0.3) is 0 Å². The first-order valence-electron chi connectivity index (χ1n) is 9.81. The first-order valence-corrected chi connectivity index (χ1v) is 10.6. The van der Waals surface area contributed by atoms with Gasteiger partial charge in [-0.3, -0.25) is 14.6 Å². The average molecular weight is 472 g/mol. The van der Waals surface area contributed by atoms with Crippen molar-refractivity contribution in [2.24, 2.45) is 0 Å². The summed E-state index contributed by atoms with van der Waals surface area (Å²) in [5.41, 5.74) is 0.746. The van der Waals surface area contributed by atoms with Crippen molar-refractivity contribution in [2.45, 2.75) is 0 Å². The summed E-state index contributed by atoms with van der Waals surface area (Å²) in [6.45, 7) is 2.50. The molecule has 0 bridgehead atoms. The molecule has 3 heterocycles. The first kappa shape index (κ1) is 22.1. The predicted octanol–water partition coefficient (Wildman–Crippen LogP) is 2.90. The van der Waals surface area contributed by atoms with E-state index in [-0.39, 0.29) is 11.3 Å². The second-order valence-corrected chi connectivity index (χ2v) is 7.76. The SMILES string of the molecule is O=C(Nc1ccc(Cl)cn1)c1cc(Cl)ccc1N(C(=O)c1cnccn1)N1CCNCC1. The summed E-state index contributed by atoms with van der Waals surface area (Å²) in [5, 5.41) is 10.1. The van der Waals surface area contributed by atoms with Crippen molar-refractivity contribution < 1.29 is 9.59 Å². The maximum atomic E-state index is 13.5. The fourth-order valence-electron chi connectivity index (χ4n) is 3.27. The molecule has 2 N–H and O–H groups in total. The number of carbonyl (C=O) groups excluding carboxylic acids is 2. The Morgan fingerprint density at radius 2 is 1.78 bits per heavy atom. The van der Waals surface area contributed by atoms with Gasteiger partial charge in [-0.1, -0.05) is 23.2 Å². The Labute approximate surface area is 194 Å². The fourth-order valence-corrected chi connectivity index (χ4v) is 3.55. The first-order chi connectivity index (χ1) is 15.5. The molecule has 164 valence electrons. The standard InChI is InChI=1S/C21H19Cl2N7O2/c22-14-1-3-18(16(11-14)20(31)28-19-4-2-15(23)12-27-19)30(29-9-7-24-8-10-29)21(32)17-13-25-5-6-26-17/h1-6,11-13,24H,7-10H2,(H,27,28,31). The van der Waals surface area contributed by atoms with Gasteiger partial charge >= 0.3 is 0 Å². The molecule has 1 saturated heterocycles. The highest BCUT2D eigenvalue weighted by molar-refractivity contribution is 6.31. The number of benzene rings is 1. The second-order valence-electron chi connectivity index (χ2n) is 6.89. The molecule has 4 rings (SSSR count). The van der Waals surface area contributed by atoms with Crippen LogP contribution in [0.4, 0.5) is 11.5 Å². The van der Waals surface area contributed by atoms with E-state index in [2.05, 4.69) is 25.6 Å². The Bertz CT molecular complexity index is 1110. The van der Waals surface area contributed by atoms with Gasteiger partial charge in [0, 0.05) is 49.8 Å². The minimum absolute atomic E-state index is 0.159. The number of hydrazine groups is 1. The van der Waals surface area contributed by atoms with E-state index in [9.17, 15) is 9.59 Å². The smallest absolute Gasteiger partial charge is 0.293 e. The number of hydrogen-bond donors (Lipinski definition) is 2. The fraction of sp³-hybridized carbons (Fsp3) is 0.190. The van der Waals surface area contributed by atoms with E-state index in [0.29, 0.717) is 47.7 Å². The van der Waals surface area contributed by atoms with Crippen LogP contribution in [0.1, 0.15) is 20.8 Å². The number of rotatable bonds is 5. The van der Waals surface area contributed by atoms with Crippen LogP contribution in [0, 0.1) is 0 Å². The highest BCUT2D eigenvalue weighted by atomic mass is 35.5. The molecular formula is C21H19Cl2N7O2. The molecular weight excluding hydrogens is 453 g/mol. The highest BCUT2D eigenvalue weighted by Gasteiger charge is 2.30. The number of nitrogens with zero attached hydrogens (tertiary/aromatic N) is 5. The lowest BCUT2D eigenvalue weighted by Crippen LogP contribution is -2.55. The Balaban J connectivity index is 1.74. The second kappa shape index (κ2) is 10.0. The lowest BCUT2D eigenvalue weighted by atomic mass is 10.1. The summed E-state index contributed by atoms with van der Waals surface area (Å²) in [6, 6.07) is 7.99. The van der Waals surface area contributed by atoms with Crippen LogP contribution in [0.15, 0.2) is 55.1 Å². The Hall–Kier alpha value is -3.11. The minimum atomic E-state index is -0.468. The molecule has 1 aliphatic rings. The molecule has 0 saturated carbocycles. The van der Waals surface area contributed by atoms with Crippen LogP contribution in [0.5, 0.6) is 0 Å². The van der Waals surface area contributed by atoms with Crippen molar-refractivity contribution in [3.63, 3.8) is 0 Å². The van der Waals surface area contributed by atoms with E-state index in [0.717, 1.165) is 0 Å². The molecule has 9 nitrogen and oxygen atoms in total. The minimum Gasteiger partial charge on any atom is -0.314 e. The normalized spacial score (nSPS) is 14.1. The number of anilines is 2. The van der Waals surface area contributed by atoms with Gasteiger partial charge in [-0.25, -0.2) is 20.0 Å². The Morgan fingerprint density at radius 3 is 2.47 bits per heavy atom. The highest BCUT2D eigenvalue weighted by Crippen LogP contribution is 2.28. The van der Waals surface area contributed by atoms with E-state index in [1.165, 1.54) is 35.9 Å². The van der Waals surface area contributed by atoms with Gasteiger partial charge in [-0.05, 0) is 30.3 Å². The third-order valence-electron chi connectivity index (χ3n) is 4.75. The van der Waals surface area contributed by atoms with Gasteiger partial charge < -0.3 is 10.6 Å². The quantitative estimate of drug-likeness (QED) is 0.589. The van der Waals surface area contributed by atoms with Crippen molar-refractivity contribution >= 4 is 46.5 Å². The maximum absolute atomic E-state index is 13.5. The molecule has 0 atom stereocenters. The summed E-state index contributed by atoms with van der Waals surface area (Å²) in [6.07, 6.45) is 5.77. The number of hydrogen-bond acceptors (Lipinski definition) is 7. The van der Waals surface area contributed by atoms with Gasteiger partial charge in [0.05, 0.1) is 22.5 Å². The Kier molecular flexibility index (Phi) is 6.91. The molecule has 11 heteroatoms. The molecule has 1 aliphatic heterocycles. The van der Waals surface area contributed by atoms with Gasteiger partial charge in [0.25, 0.3) is 11.8 Å². The van der Waals surface area contributed by atoms with Crippen LogP contribution < -0.4 is 15.6 Å². The molecule has 2 amide bonds. The van der Waals surface area contributed by atoms with Gasteiger partial charge in [-0.2, -0.15) is 0 Å². The molecule has 3 aromatic rings. The number of halogens is 2. The zero-order valence-corrected chi connectivity index (χ0v) is 18.3. The van der Waals surface area contributed by atoms with Crippen LogP contribution >= 0.6 is 23.2 Å². The average Bonchev–Trinajstić information content (AvgIpc) is 2.82. The van der Waals surface area contributed by atoms with Gasteiger partial charge in [0.15, 0.2) is 0 Å². The van der Waals surface area contributed by atoms with Crippen molar-refractivity contribution in [1.82, 2.24) is 25.3 Å². The lowest BCUT2D eigenvalue weighted by Gasteiger charge is -2.38. The van der Waals surface area contributed by atoms with Crippen molar-refractivity contribution in [3.05, 3.63) is 76.4 Å². The van der Waals surface area contributed by atoms with E-state index >= 15 is 0 Å². The number of piperazine rings is 1. The van der Waals surface area contributed by atoms with Crippen LogP contribution in [0.2, 0.25) is 10.0 Å². The summed E-state index contributed by atoms with van der Waals surface area (Å²) >= 11 is 12.1. The number of carbonyl (C=O) groups is 2. The number of nitrogens with one attached hydrogen (secondary N) is 2. The monoisotopic (exact) mass is 471 g/mol. The third-order valence-corrected chi connectivity index (χ3v) is 5.21. The Morgan fingerprint density at radius 1 is 1.00 bits per heavy atom. The molecule has 1 aromatic carbocycles. The molecule has 0 unspecified atom stereocenters. The lowest BCUT2D eigenvalue weighted by molar-refractivity contribution is 0.0874.